The Bertz CT molecular complexity index is 370. The maximum atomic E-state index is 11.0. The van der Waals surface area contributed by atoms with E-state index in [1.807, 2.05) is 12.1 Å². The van der Waals surface area contributed by atoms with Gasteiger partial charge in [-0.15, -0.1) is 0 Å². The second kappa shape index (κ2) is 5.12. The lowest BCUT2D eigenvalue weighted by molar-refractivity contribution is 0.0695. The molecule has 1 aliphatic rings. The van der Waals surface area contributed by atoms with Gasteiger partial charge in [0.15, 0.2) is 0 Å². The molecule has 3 nitrogen and oxygen atoms in total. The largest absolute Gasteiger partial charge is 0.478 e. The monoisotopic (exact) mass is 219 g/mol. The first-order valence-electron chi connectivity index (χ1n) is 5.82. The maximum absolute atomic E-state index is 11.0. The minimum absolute atomic E-state index is 0.410. The number of aromatic carboxylic acids is 1. The maximum Gasteiger partial charge on any atom is 0.336 e. The van der Waals surface area contributed by atoms with E-state index in [4.69, 9.17) is 5.11 Å². The lowest BCUT2D eigenvalue weighted by atomic mass is 10.1. The Balaban J connectivity index is 2.00. The van der Waals surface area contributed by atoms with Crippen LogP contribution >= 0.6 is 0 Å². The van der Waals surface area contributed by atoms with Gasteiger partial charge in [0, 0.05) is 12.6 Å². The second-order valence-corrected chi connectivity index (χ2v) is 4.32. The Hall–Kier alpha value is -1.35. The summed E-state index contributed by atoms with van der Waals surface area (Å²) in [4.78, 5) is 11.0. The number of rotatable bonds is 4. The van der Waals surface area contributed by atoms with Gasteiger partial charge in [0.2, 0.25) is 0 Å². The third kappa shape index (κ3) is 2.61. The first kappa shape index (κ1) is 11.1. The first-order chi connectivity index (χ1) is 7.77. The fraction of sp³-hybridized carbons (Fsp3) is 0.462. The average Bonchev–Trinajstić information content (AvgIpc) is 2.79. The van der Waals surface area contributed by atoms with Crippen molar-refractivity contribution in [2.24, 2.45) is 0 Å². The minimum atomic E-state index is -0.844. The summed E-state index contributed by atoms with van der Waals surface area (Å²) in [6.45, 7) is 0.660. The van der Waals surface area contributed by atoms with E-state index < -0.39 is 5.97 Å². The van der Waals surface area contributed by atoms with Gasteiger partial charge in [0.05, 0.1) is 5.56 Å². The van der Waals surface area contributed by atoms with Crippen molar-refractivity contribution in [2.45, 2.75) is 38.3 Å². The van der Waals surface area contributed by atoms with Gasteiger partial charge in [-0.25, -0.2) is 4.79 Å². The molecule has 3 heteroatoms. The number of benzene rings is 1. The summed E-state index contributed by atoms with van der Waals surface area (Å²) in [7, 11) is 0. The molecule has 0 radical (unpaired) electrons. The van der Waals surface area contributed by atoms with Gasteiger partial charge in [0.25, 0.3) is 0 Å². The number of nitrogens with one attached hydrogen (secondary N) is 1. The van der Waals surface area contributed by atoms with Gasteiger partial charge in [-0.2, -0.15) is 0 Å². The van der Waals surface area contributed by atoms with Gasteiger partial charge >= 0.3 is 5.97 Å². The molecule has 1 fully saturated rings. The Morgan fingerprint density at radius 1 is 1.31 bits per heavy atom. The van der Waals surface area contributed by atoms with E-state index >= 15 is 0 Å². The zero-order chi connectivity index (χ0) is 11.4. The van der Waals surface area contributed by atoms with Crippen molar-refractivity contribution in [3.05, 3.63) is 35.4 Å². The fourth-order valence-corrected chi connectivity index (χ4v) is 2.27. The van der Waals surface area contributed by atoms with Crippen molar-refractivity contribution >= 4 is 5.97 Å². The van der Waals surface area contributed by atoms with Crippen molar-refractivity contribution < 1.29 is 9.90 Å². The van der Waals surface area contributed by atoms with Crippen LogP contribution < -0.4 is 5.32 Å². The molecule has 0 unspecified atom stereocenters. The lowest BCUT2D eigenvalue weighted by Gasteiger charge is -2.13. The predicted molar refractivity (Wildman–Crippen MR) is 62.5 cm³/mol. The highest BCUT2D eigenvalue weighted by molar-refractivity contribution is 5.89. The van der Waals surface area contributed by atoms with Crippen LogP contribution in [-0.4, -0.2) is 17.1 Å². The summed E-state index contributed by atoms with van der Waals surface area (Å²) >= 11 is 0. The van der Waals surface area contributed by atoms with E-state index in [1.165, 1.54) is 25.7 Å². The van der Waals surface area contributed by atoms with Crippen LogP contribution in [0.4, 0.5) is 0 Å². The van der Waals surface area contributed by atoms with Crippen LogP contribution in [0.5, 0.6) is 0 Å². The molecule has 0 aromatic heterocycles. The molecule has 1 saturated carbocycles. The summed E-state index contributed by atoms with van der Waals surface area (Å²) in [5.74, 6) is -0.844. The summed E-state index contributed by atoms with van der Waals surface area (Å²) in [5.41, 5.74) is 1.29. The van der Waals surface area contributed by atoms with Crippen LogP contribution in [0, 0.1) is 0 Å². The second-order valence-electron chi connectivity index (χ2n) is 4.32. The summed E-state index contributed by atoms with van der Waals surface area (Å²) in [5, 5.41) is 12.5. The van der Waals surface area contributed by atoms with Crippen LogP contribution in [0.2, 0.25) is 0 Å². The molecule has 0 heterocycles. The SMILES string of the molecule is O=C(O)c1ccccc1CNC1CCCC1. The zero-order valence-electron chi connectivity index (χ0n) is 9.28. The molecular weight excluding hydrogens is 202 g/mol. The molecule has 86 valence electrons. The molecule has 1 aromatic rings. The number of hydrogen-bond donors (Lipinski definition) is 2. The topological polar surface area (TPSA) is 49.3 Å². The molecule has 0 atom stereocenters. The molecule has 0 bridgehead atoms. The van der Waals surface area contributed by atoms with E-state index in [9.17, 15) is 4.79 Å². The number of carboxylic acids is 1. The van der Waals surface area contributed by atoms with Crippen molar-refractivity contribution in [2.75, 3.05) is 0 Å². The molecule has 16 heavy (non-hydrogen) atoms. The Kier molecular flexibility index (Phi) is 3.57. The summed E-state index contributed by atoms with van der Waals surface area (Å²) in [6.07, 6.45) is 5.01. The van der Waals surface area contributed by atoms with Crippen molar-refractivity contribution in [1.29, 1.82) is 0 Å². The number of carboxylic acid groups (broad SMARTS) is 1. The highest BCUT2D eigenvalue weighted by Gasteiger charge is 2.15. The predicted octanol–water partition coefficient (Wildman–Crippen LogP) is 2.42. The zero-order valence-corrected chi connectivity index (χ0v) is 9.28. The minimum Gasteiger partial charge on any atom is -0.478 e. The van der Waals surface area contributed by atoms with Crippen LogP contribution in [-0.2, 0) is 6.54 Å². The highest BCUT2D eigenvalue weighted by Crippen LogP contribution is 2.18. The van der Waals surface area contributed by atoms with E-state index in [1.54, 1.807) is 12.1 Å². The molecule has 0 aliphatic heterocycles. The lowest BCUT2D eigenvalue weighted by Crippen LogP contribution is -2.26. The Labute approximate surface area is 95.5 Å². The first-order valence-corrected chi connectivity index (χ1v) is 5.82. The number of carbonyl (C=O) groups is 1. The van der Waals surface area contributed by atoms with Crippen LogP contribution in [0.15, 0.2) is 24.3 Å². The van der Waals surface area contributed by atoms with Crippen LogP contribution in [0.3, 0.4) is 0 Å². The quantitative estimate of drug-likeness (QED) is 0.817. The fourth-order valence-electron chi connectivity index (χ4n) is 2.27. The smallest absolute Gasteiger partial charge is 0.336 e. The van der Waals surface area contributed by atoms with Gasteiger partial charge in [0.1, 0.15) is 0 Å². The Morgan fingerprint density at radius 2 is 2.00 bits per heavy atom. The van der Waals surface area contributed by atoms with Crippen molar-refractivity contribution in [3.63, 3.8) is 0 Å². The van der Waals surface area contributed by atoms with Gasteiger partial charge in [-0.05, 0) is 24.5 Å². The van der Waals surface area contributed by atoms with Crippen molar-refractivity contribution in [1.82, 2.24) is 5.32 Å². The molecule has 0 amide bonds. The molecule has 0 spiro atoms. The van der Waals surface area contributed by atoms with Crippen LogP contribution in [0.1, 0.15) is 41.6 Å². The standard InChI is InChI=1S/C13H17NO2/c15-13(16)12-8-4-1-5-10(12)9-14-11-6-2-3-7-11/h1,4-5,8,11,14H,2-3,6-7,9H2,(H,15,16). The Morgan fingerprint density at radius 3 is 2.69 bits per heavy atom. The van der Waals surface area contributed by atoms with E-state index in [-0.39, 0.29) is 0 Å². The van der Waals surface area contributed by atoms with Gasteiger partial charge in [-0.3, -0.25) is 0 Å². The third-order valence-electron chi connectivity index (χ3n) is 3.18. The normalized spacial score (nSPS) is 16.5. The average molecular weight is 219 g/mol. The molecule has 2 N–H and O–H groups in total. The molecular formula is C13H17NO2. The molecule has 1 aliphatic carbocycles. The number of hydrogen-bond acceptors (Lipinski definition) is 2. The molecule has 0 saturated heterocycles. The summed E-state index contributed by atoms with van der Waals surface area (Å²) < 4.78 is 0. The van der Waals surface area contributed by atoms with Gasteiger partial charge in [-0.1, -0.05) is 31.0 Å². The summed E-state index contributed by atoms with van der Waals surface area (Å²) in [6, 6.07) is 7.77. The van der Waals surface area contributed by atoms with E-state index in [0.29, 0.717) is 18.2 Å². The van der Waals surface area contributed by atoms with Gasteiger partial charge < -0.3 is 10.4 Å². The molecule has 2 rings (SSSR count). The van der Waals surface area contributed by atoms with Crippen molar-refractivity contribution in [3.8, 4) is 0 Å². The van der Waals surface area contributed by atoms with E-state index in [0.717, 1.165) is 5.56 Å². The van der Waals surface area contributed by atoms with E-state index in [2.05, 4.69) is 5.32 Å². The molecule has 1 aromatic carbocycles. The highest BCUT2D eigenvalue weighted by atomic mass is 16.4. The third-order valence-corrected chi connectivity index (χ3v) is 3.18. The van der Waals surface area contributed by atoms with Crippen LogP contribution in [0.25, 0.3) is 0 Å².